The van der Waals surface area contributed by atoms with Crippen molar-refractivity contribution in [3.8, 4) is 39.3 Å². The van der Waals surface area contributed by atoms with Gasteiger partial charge in [-0.25, -0.2) is 4.98 Å². The Balaban J connectivity index is 1.42. The Kier molecular flexibility index (Phi) is 6.29. The minimum atomic E-state index is -0.997. The summed E-state index contributed by atoms with van der Waals surface area (Å²) in [5.41, 5.74) is 11.0. The van der Waals surface area contributed by atoms with E-state index in [1.165, 1.54) is 5.56 Å². The fourth-order valence-corrected chi connectivity index (χ4v) is 6.65. The van der Waals surface area contributed by atoms with Crippen molar-refractivity contribution in [2.75, 3.05) is 0 Å². The topological polar surface area (TPSA) is 31.0 Å². The van der Waals surface area contributed by atoms with Gasteiger partial charge in [0.1, 0.15) is 17.0 Å². The maximum absolute atomic E-state index is 9.50. The van der Waals surface area contributed by atoms with Crippen LogP contribution in [0.1, 0.15) is 53.4 Å². The van der Waals surface area contributed by atoms with Gasteiger partial charge in [-0.2, -0.15) is 0 Å². The molecule has 0 unspecified atom stereocenters. The summed E-state index contributed by atoms with van der Waals surface area (Å²) < 4.78 is 27.7. The predicted octanol–water partition coefficient (Wildman–Crippen LogP) is 12.2. The molecule has 0 N–H and O–H groups in total. The standard InChI is InChI=1S/C43H36N2O/c1-27(2)36-25-32(31-23-21-30(22-24-31)29-13-6-5-7-14-29)26-37(28(3)4)41(36)45-39-19-10-9-18-38(39)44-43(45)35-17-12-16-34-33-15-8-11-20-40(33)46-42(34)35/h5-28H,1-4H3/i27D,28D. The Hall–Kier alpha value is -5.41. The molecule has 3 nitrogen and oxygen atoms in total. The lowest BCUT2D eigenvalue weighted by atomic mass is 9.87. The third-order valence-electron chi connectivity index (χ3n) is 8.94. The molecule has 0 aliphatic rings. The number of hydrogen-bond acceptors (Lipinski definition) is 2. The molecule has 0 saturated carbocycles. The van der Waals surface area contributed by atoms with E-state index in [9.17, 15) is 2.74 Å². The molecule has 0 spiro atoms. The number of benzene rings is 6. The number of rotatable bonds is 6. The van der Waals surface area contributed by atoms with Crippen LogP contribution in [0.5, 0.6) is 0 Å². The Morgan fingerprint density at radius 2 is 1.17 bits per heavy atom. The molecule has 0 radical (unpaired) electrons. The average Bonchev–Trinajstić information content (AvgIpc) is 3.66. The fraction of sp³-hybridized carbons (Fsp3) is 0.140. The summed E-state index contributed by atoms with van der Waals surface area (Å²) in [5, 5.41) is 2.08. The highest BCUT2D eigenvalue weighted by molar-refractivity contribution is 6.09. The van der Waals surface area contributed by atoms with E-state index in [1.54, 1.807) is 0 Å². The minimum Gasteiger partial charge on any atom is -0.455 e. The number of aromatic nitrogens is 2. The molecular weight excluding hydrogens is 560 g/mol. The lowest BCUT2D eigenvalue weighted by Gasteiger charge is -2.24. The van der Waals surface area contributed by atoms with Crippen molar-refractivity contribution in [3.63, 3.8) is 0 Å². The molecule has 6 aromatic carbocycles. The molecule has 2 heterocycles. The summed E-state index contributed by atoms with van der Waals surface area (Å²) in [4.78, 5) is 5.23. The van der Waals surface area contributed by atoms with Crippen LogP contribution < -0.4 is 0 Å². The molecule has 46 heavy (non-hydrogen) atoms. The van der Waals surface area contributed by atoms with Crippen LogP contribution in [0, 0.1) is 0 Å². The van der Waals surface area contributed by atoms with E-state index in [1.807, 2.05) is 70.2 Å². The Bertz CT molecular complexity index is 2420. The van der Waals surface area contributed by atoms with Gasteiger partial charge in [-0.15, -0.1) is 0 Å². The van der Waals surface area contributed by atoms with Crippen molar-refractivity contribution in [1.29, 1.82) is 0 Å². The summed E-state index contributed by atoms with van der Waals surface area (Å²) in [6, 6.07) is 45.6. The summed E-state index contributed by atoms with van der Waals surface area (Å²) in [6.07, 6.45) is 0. The first kappa shape index (κ1) is 25.9. The van der Waals surface area contributed by atoms with Gasteiger partial charge in [0.25, 0.3) is 0 Å². The highest BCUT2D eigenvalue weighted by Gasteiger charge is 2.25. The first-order chi connectivity index (χ1) is 23.1. The van der Waals surface area contributed by atoms with E-state index in [0.29, 0.717) is 0 Å². The number of imidazole rings is 1. The SMILES string of the molecule is [2H]C(C)(C)c1cc(-c2ccc(-c3ccccc3)cc2)cc(C([2H])(C)C)c1-n1c(-c2cccc3c2oc2ccccc23)nc2ccccc21. The Morgan fingerprint density at radius 3 is 1.89 bits per heavy atom. The van der Waals surface area contributed by atoms with Gasteiger partial charge < -0.3 is 4.42 Å². The average molecular weight is 599 g/mol. The first-order valence-corrected chi connectivity index (χ1v) is 15.8. The van der Waals surface area contributed by atoms with Crippen LogP contribution >= 0.6 is 0 Å². The molecule has 8 rings (SSSR count). The third-order valence-corrected chi connectivity index (χ3v) is 8.94. The second-order valence-corrected chi connectivity index (χ2v) is 12.4. The largest absolute Gasteiger partial charge is 0.455 e. The van der Waals surface area contributed by atoms with E-state index >= 15 is 0 Å². The van der Waals surface area contributed by atoms with Crippen LogP contribution in [0.4, 0.5) is 0 Å². The molecule has 3 heteroatoms. The second kappa shape index (κ2) is 11.2. The highest BCUT2D eigenvalue weighted by Crippen LogP contribution is 2.42. The van der Waals surface area contributed by atoms with Crippen LogP contribution in [-0.4, -0.2) is 9.55 Å². The molecular formula is C43H36N2O. The van der Waals surface area contributed by atoms with Crippen molar-refractivity contribution >= 4 is 33.0 Å². The summed E-state index contributed by atoms with van der Waals surface area (Å²) in [7, 11) is 0. The van der Waals surface area contributed by atoms with Gasteiger partial charge in [-0.1, -0.05) is 125 Å². The van der Waals surface area contributed by atoms with E-state index in [0.717, 1.165) is 77.9 Å². The molecule has 2 aromatic heterocycles. The van der Waals surface area contributed by atoms with Crippen molar-refractivity contribution < 1.29 is 7.16 Å². The van der Waals surface area contributed by atoms with Gasteiger partial charge in [0.05, 0.1) is 22.3 Å². The molecule has 8 aromatic rings. The smallest absolute Gasteiger partial charge is 0.149 e. The lowest BCUT2D eigenvalue weighted by molar-refractivity contribution is 0.669. The van der Waals surface area contributed by atoms with Crippen molar-refractivity contribution in [2.24, 2.45) is 0 Å². The van der Waals surface area contributed by atoms with E-state index < -0.39 is 11.8 Å². The van der Waals surface area contributed by atoms with Crippen LogP contribution in [0.15, 0.2) is 138 Å². The number of nitrogens with zero attached hydrogens (tertiary/aromatic N) is 2. The fourth-order valence-electron chi connectivity index (χ4n) is 6.65. The molecule has 0 amide bonds. The van der Waals surface area contributed by atoms with Crippen molar-refractivity contribution in [3.05, 3.63) is 145 Å². The lowest BCUT2D eigenvalue weighted by Crippen LogP contribution is -2.09. The van der Waals surface area contributed by atoms with Gasteiger partial charge in [0, 0.05) is 13.5 Å². The zero-order valence-corrected chi connectivity index (χ0v) is 26.5. The summed E-state index contributed by atoms with van der Waals surface area (Å²) in [6.45, 7) is 7.70. The molecule has 0 saturated heterocycles. The highest BCUT2D eigenvalue weighted by atomic mass is 16.3. The predicted molar refractivity (Wildman–Crippen MR) is 193 cm³/mol. The van der Waals surface area contributed by atoms with E-state index in [4.69, 9.17) is 9.40 Å². The van der Waals surface area contributed by atoms with Gasteiger partial charge in [0.15, 0.2) is 0 Å². The Morgan fingerprint density at radius 1 is 0.587 bits per heavy atom. The molecule has 224 valence electrons. The van der Waals surface area contributed by atoms with Crippen molar-refractivity contribution in [1.82, 2.24) is 9.55 Å². The van der Waals surface area contributed by atoms with Crippen LogP contribution in [0.2, 0.25) is 0 Å². The van der Waals surface area contributed by atoms with Crippen LogP contribution in [0.3, 0.4) is 0 Å². The molecule has 0 aliphatic heterocycles. The summed E-state index contributed by atoms with van der Waals surface area (Å²) >= 11 is 0. The zero-order valence-electron chi connectivity index (χ0n) is 28.5. The first-order valence-electron chi connectivity index (χ1n) is 16.8. The quantitative estimate of drug-likeness (QED) is 0.191. The zero-order chi connectivity index (χ0) is 33.2. The van der Waals surface area contributed by atoms with Gasteiger partial charge >= 0.3 is 0 Å². The monoisotopic (exact) mass is 598 g/mol. The second-order valence-electron chi connectivity index (χ2n) is 12.4. The third kappa shape index (κ3) is 4.62. The van der Waals surface area contributed by atoms with Gasteiger partial charge in [0.2, 0.25) is 0 Å². The Labute approximate surface area is 272 Å². The molecule has 0 bridgehead atoms. The maximum Gasteiger partial charge on any atom is 0.149 e. The van der Waals surface area contributed by atoms with Gasteiger partial charge in [-0.05, 0) is 81.6 Å². The number of para-hydroxylation sites is 4. The van der Waals surface area contributed by atoms with E-state index in [-0.39, 0.29) is 0 Å². The van der Waals surface area contributed by atoms with E-state index in [2.05, 4.69) is 95.6 Å². The van der Waals surface area contributed by atoms with Crippen LogP contribution in [-0.2, 0) is 0 Å². The van der Waals surface area contributed by atoms with Crippen LogP contribution in [0.25, 0.3) is 72.3 Å². The van der Waals surface area contributed by atoms with Gasteiger partial charge in [-0.3, -0.25) is 4.57 Å². The summed E-state index contributed by atoms with van der Waals surface area (Å²) in [5.74, 6) is -1.27. The van der Waals surface area contributed by atoms with Crippen molar-refractivity contribution in [2.45, 2.75) is 39.5 Å². The number of hydrogen-bond donors (Lipinski definition) is 0. The molecule has 0 aliphatic carbocycles. The number of furan rings is 1. The molecule has 0 atom stereocenters. The number of fused-ring (bicyclic) bond motifs is 4. The normalized spacial score (nSPS) is 13.0. The maximum atomic E-state index is 9.50. The minimum absolute atomic E-state index is 0.719. The molecule has 0 fully saturated rings.